The summed E-state index contributed by atoms with van der Waals surface area (Å²) in [6.07, 6.45) is 1.82. The first-order valence-electron chi connectivity index (χ1n) is 2.78. The van der Waals surface area contributed by atoms with Crippen LogP contribution in [0.4, 0.5) is 0 Å². The van der Waals surface area contributed by atoms with Gasteiger partial charge in [0.2, 0.25) is 0 Å². The Morgan fingerprint density at radius 1 is 1.78 bits per heavy atom. The van der Waals surface area contributed by atoms with Crippen LogP contribution in [0.2, 0.25) is 0 Å². The third kappa shape index (κ3) is 7.65. The fraction of sp³-hybridized carbons (Fsp3) is 1.00. The van der Waals surface area contributed by atoms with Crippen molar-refractivity contribution in [2.75, 3.05) is 0 Å². The van der Waals surface area contributed by atoms with Crippen LogP contribution in [0.5, 0.6) is 0 Å². The van der Waals surface area contributed by atoms with Crippen molar-refractivity contribution in [3.8, 4) is 0 Å². The monoisotopic (exact) mass is 176 g/mol. The van der Waals surface area contributed by atoms with Crippen LogP contribution in [0.1, 0.15) is 28.1 Å². The molecule has 2 unspecified atom stereocenters. The fourth-order valence-electron chi connectivity index (χ4n) is 0.507. The molecule has 0 rings (SSSR count). The summed E-state index contributed by atoms with van der Waals surface area (Å²) < 4.78 is 18.6. The molecular formula is C5H13KO2S. The van der Waals surface area contributed by atoms with Crippen LogP contribution in [-0.2, 0) is 11.1 Å². The topological polar surface area (TPSA) is 37.3 Å². The summed E-state index contributed by atoms with van der Waals surface area (Å²) >= 11 is -1.61. The Labute approximate surface area is 103 Å². The molecule has 4 heteroatoms. The van der Waals surface area contributed by atoms with Gasteiger partial charge >= 0.3 is 51.4 Å². The standard InChI is InChI=1S/C5H12O2S.K.H/c1-3-4-5(2)8(6)7;;/h5H,3-4H2,1-2H3,(H,6,7);;/q;+1;-1. The Bertz CT molecular complexity index is 91.7. The van der Waals surface area contributed by atoms with Crippen LogP contribution in [0.3, 0.4) is 0 Å². The molecule has 0 spiro atoms. The van der Waals surface area contributed by atoms with Crippen molar-refractivity contribution < 1.29 is 61.6 Å². The third-order valence-corrected chi connectivity index (χ3v) is 1.96. The Kier molecular flexibility index (Phi) is 11.6. The maximum atomic E-state index is 10.2. The Hall–Kier alpha value is 1.75. The van der Waals surface area contributed by atoms with Crippen LogP contribution in [0.15, 0.2) is 0 Å². The summed E-state index contributed by atoms with van der Waals surface area (Å²) in [6.45, 7) is 3.78. The molecule has 0 bridgehead atoms. The summed E-state index contributed by atoms with van der Waals surface area (Å²) in [5.41, 5.74) is 0. The summed E-state index contributed by atoms with van der Waals surface area (Å²) in [7, 11) is 0. The number of rotatable bonds is 3. The minimum absolute atomic E-state index is 0. The van der Waals surface area contributed by atoms with E-state index >= 15 is 0 Å². The van der Waals surface area contributed by atoms with Gasteiger partial charge in [0.15, 0.2) is 11.1 Å². The molecule has 0 aromatic heterocycles. The van der Waals surface area contributed by atoms with Gasteiger partial charge in [-0.3, -0.25) is 0 Å². The fourth-order valence-corrected chi connectivity index (χ4v) is 0.945. The SMILES string of the molecule is CCCC(C)S(=O)O.[H-].[K+]. The van der Waals surface area contributed by atoms with Gasteiger partial charge in [-0.05, 0) is 13.3 Å². The molecule has 0 fully saturated rings. The van der Waals surface area contributed by atoms with Crippen molar-refractivity contribution >= 4 is 11.1 Å². The zero-order chi connectivity index (χ0) is 6.57. The van der Waals surface area contributed by atoms with Gasteiger partial charge in [0.05, 0.1) is 5.25 Å². The van der Waals surface area contributed by atoms with E-state index in [-0.39, 0.29) is 58.1 Å². The predicted molar refractivity (Wildman–Crippen MR) is 36.3 cm³/mol. The summed E-state index contributed by atoms with van der Waals surface area (Å²) in [5, 5.41) is -0.0556. The van der Waals surface area contributed by atoms with Crippen LogP contribution in [0, 0.1) is 0 Å². The molecule has 0 heterocycles. The quantitative estimate of drug-likeness (QED) is 0.420. The second-order valence-corrected chi connectivity index (χ2v) is 3.23. The Balaban J connectivity index is -0.000000245. The molecule has 0 amide bonds. The zero-order valence-electron chi connectivity index (χ0n) is 7.26. The van der Waals surface area contributed by atoms with Crippen LogP contribution in [0.25, 0.3) is 0 Å². The van der Waals surface area contributed by atoms with Crippen LogP contribution >= 0.6 is 0 Å². The Morgan fingerprint density at radius 3 is 2.33 bits per heavy atom. The van der Waals surface area contributed by atoms with Gasteiger partial charge in [0, 0.05) is 0 Å². The van der Waals surface area contributed by atoms with E-state index in [4.69, 9.17) is 4.55 Å². The second-order valence-electron chi connectivity index (χ2n) is 1.88. The van der Waals surface area contributed by atoms with Gasteiger partial charge in [-0.15, -0.1) is 0 Å². The van der Waals surface area contributed by atoms with Gasteiger partial charge in [-0.1, -0.05) is 13.3 Å². The van der Waals surface area contributed by atoms with Crippen molar-refractivity contribution in [3.05, 3.63) is 0 Å². The third-order valence-electron chi connectivity index (χ3n) is 1.04. The van der Waals surface area contributed by atoms with Crippen molar-refractivity contribution in [1.82, 2.24) is 0 Å². The smallest absolute Gasteiger partial charge is 1.00 e. The van der Waals surface area contributed by atoms with Gasteiger partial charge in [-0.25, -0.2) is 4.21 Å². The molecule has 2 atom stereocenters. The van der Waals surface area contributed by atoms with E-state index in [9.17, 15) is 4.21 Å². The first kappa shape index (κ1) is 13.3. The van der Waals surface area contributed by atoms with E-state index in [1.54, 1.807) is 6.92 Å². The van der Waals surface area contributed by atoms with Gasteiger partial charge in [0.25, 0.3) is 0 Å². The second kappa shape index (κ2) is 7.85. The molecule has 0 radical (unpaired) electrons. The average Bonchev–Trinajstić information content (AvgIpc) is 1.67. The maximum absolute atomic E-state index is 10.2. The Morgan fingerprint density at radius 2 is 2.22 bits per heavy atom. The van der Waals surface area contributed by atoms with E-state index in [1.165, 1.54) is 0 Å². The van der Waals surface area contributed by atoms with Crippen LogP contribution < -0.4 is 51.4 Å². The minimum atomic E-state index is -1.61. The maximum Gasteiger partial charge on any atom is 1.00 e. The van der Waals surface area contributed by atoms with E-state index in [2.05, 4.69) is 0 Å². The molecule has 2 nitrogen and oxygen atoms in total. The predicted octanol–water partition coefficient (Wildman–Crippen LogP) is -1.49. The molecule has 0 saturated heterocycles. The molecular weight excluding hydrogens is 163 g/mol. The molecule has 0 aliphatic carbocycles. The van der Waals surface area contributed by atoms with Gasteiger partial charge in [-0.2, -0.15) is 0 Å². The van der Waals surface area contributed by atoms with Gasteiger partial charge < -0.3 is 5.98 Å². The zero-order valence-corrected chi connectivity index (χ0v) is 10.2. The molecule has 1 N–H and O–H groups in total. The molecule has 0 aromatic rings. The van der Waals surface area contributed by atoms with Crippen molar-refractivity contribution in [2.24, 2.45) is 0 Å². The van der Waals surface area contributed by atoms with E-state index in [1.807, 2.05) is 6.92 Å². The van der Waals surface area contributed by atoms with Crippen LogP contribution in [-0.4, -0.2) is 14.0 Å². The van der Waals surface area contributed by atoms with Crippen molar-refractivity contribution in [3.63, 3.8) is 0 Å². The van der Waals surface area contributed by atoms with E-state index < -0.39 is 11.1 Å². The summed E-state index contributed by atoms with van der Waals surface area (Å²) in [4.78, 5) is 0. The van der Waals surface area contributed by atoms with Gasteiger partial charge in [0.1, 0.15) is 0 Å². The minimum Gasteiger partial charge on any atom is -1.00 e. The number of hydrogen-bond donors (Lipinski definition) is 1. The summed E-state index contributed by atoms with van der Waals surface area (Å²) in [6, 6.07) is 0. The average molecular weight is 176 g/mol. The first-order chi connectivity index (χ1) is 3.68. The van der Waals surface area contributed by atoms with Crippen molar-refractivity contribution in [1.29, 1.82) is 0 Å². The molecule has 9 heavy (non-hydrogen) atoms. The first-order valence-corrected chi connectivity index (χ1v) is 3.95. The normalized spacial score (nSPS) is 15.9. The molecule has 52 valence electrons. The van der Waals surface area contributed by atoms with Crippen molar-refractivity contribution in [2.45, 2.75) is 31.9 Å². The summed E-state index contributed by atoms with van der Waals surface area (Å²) in [5.74, 6) is 0. The van der Waals surface area contributed by atoms with E-state index in [0.717, 1.165) is 12.8 Å². The molecule has 0 saturated carbocycles. The van der Waals surface area contributed by atoms with E-state index in [0.29, 0.717) is 0 Å². The molecule has 0 aliphatic rings. The number of hydrogen-bond acceptors (Lipinski definition) is 1. The molecule has 0 aliphatic heterocycles. The largest absolute Gasteiger partial charge is 1.00 e. The molecule has 0 aromatic carbocycles.